The van der Waals surface area contributed by atoms with Crippen molar-refractivity contribution in [2.75, 3.05) is 33.8 Å². The molecule has 0 aliphatic carbocycles. The van der Waals surface area contributed by atoms with Crippen LogP contribution in [0, 0.1) is 5.82 Å². The fraction of sp³-hybridized carbons (Fsp3) is 0.556. The molecule has 1 unspecified atom stereocenters. The Morgan fingerprint density at radius 1 is 1.38 bits per heavy atom. The zero-order valence-corrected chi connectivity index (χ0v) is 15.5. The molecule has 0 aromatic heterocycles. The Balaban J connectivity index is 1.74. The molecule has 26 heavy (non-hydrogen) atoms. The summed E-state index contributed by atoms with van der Waals surface area (Å²) < 4.78 is 24.0. The largest absolute Gasteiger partial charge is 0.486 e. The third-order valence-corrected chi connectivity index (χ3v) is 4.21. The lowest BCUT2D eigenvalue weighted by atomic mass is 10.1. The van der Waals surface area contributed by atoms with Gasteiger partial charge in [-0.15, -0.1) is 0 Å². The van der Waals surface area contributed by atoms with E-state index in [0.717, 1.165) is 12.8 Å². The Bertz CT molecular complexity index is 618. The van der Waals surface area contributed by atoms with Gasteiger partial charge >= 0.3 is 6.09 Å². The molecule has 1 aromatic rings. The van der Waals surface area contributed by atoms with E-state index in [9.17, 15) is 9.18 Å². The molecule has 1 aromatic carbocycles. The summed E-state index contributed by atoms with van der Waals surface area (Å²) in [6.45, 7) is 3.64. The van der Waals surface area contributed by atoms with Gasteiger partial charge in [0.25, 0.3) is 0 Å². The van der Waals surface area contributed by atoms with Crippen LogP contribution in [0.15, 0.2) is 29.3 Å². The van der Waals surface area contributed by atoms with Gasteiger partial charge in [-0.1, -0.05) is 12.1 Å². The lowest BCUT2D eigenvalue weighted by Gasteiger charge is -2.32. The number of aliphatic imine (C=N–C) groups is 1. The number of hydrogen-bond donors (Lipinski definition) is 2. The third-order valence-electron chi connectivity index (χ3n) is 4.21. The molecule has 0 radical (unpaired) electrons. The van der Waals surface area contributed by atoms with Crippen LogP contribution in [0.3, 0.4) is 0 Å². The molecule has 1 aliphatic rings. The van der Waals surface area contributed by atoms with Crippen LogP contribution in [0.25, 0.3) is 0 Å². The van der Waals surface area contributed by atoms with E-state index in [4.69, 9.17) is 9.47 Å². The first-order chi connectivity index (χ1) is 12.5. The predicted molar refractivity (Wildman–Crippen MR) is 98.0 cm³/mol. The Kier molecular flexibility index (Phi) is 7.50. The summed E-state index contributed by atoms with van der Waals surface area (Å²) in [5.41, 5.74) is 0. The smallest absolute Gasteiger partial charge is 0.409 e. The summed E-state index contributed by atoms with van der Waals surface area (Å²) in [6, 6.07) is 6.57. The van der Waals surface area contributed by atoms with Crippen molar-refractivity contribution in [1.29, 1.82) is 0 Å². The highest BCUT2D eigenvalue weighted by Gasteiger charge is 2.23. The highest BCUT2D eigenvalue weighted by molar-refractivity contribution is 5.80. The van der Waals surface area contributed by atoms with Gasteiger partial charge in [-0.05, 0) is 31.9 Å². The second-order valence-electron chi connectivity index (χ2n) is 6.19. The first-order valence-electron chi connectivity index (χ1n) is 8.74. The Morgan fingerprint density at radius 3 is 2.69 bits per heavy atom. The van der Waals surface area contributed by atoms with Crippen LogP contribution in [0.2, 0.25) is 0 Å². The summed E-state index contributed by atoms with van der Waals surface area (Å²) in [5.74, 6) is 0.518. The number of piperidine rings is 1. The van der Waals surface area contributed by atoms with Crippen molar-refractivity contribution in [3.63, 3.8) is 0 Å². The van der Waals surface area contributed by atoms with Gasteiger partial charge in [0.2, 0.25) is 0 Å². The SMILES string of the molecule is CN=C(NCC(C)Oc1ccccc1F)NC1CCN(C(=O)OC)CC1. The average Bonchev–Trinajstić information content (AvgIpc) is 2.66. The summed E-state index contributed by atoms with van der Waals surface area (Å²) in [4.78, 5) is 17.4. The molecule has 2 N–H and O–H groups in total. The van der Waals surface area contributed by atoms with Crippen LogP contribution in [-0.2, 0) is 4.74 Å². The highest BCUT2D eigenvalue weighted by Crippen LogP contribution is 2.16. The van der Waals surface area contributed by atoms with Gasteiger partial charge in [-0.2, -0.15) is 0 Å². The minimum atomic E-state index is -0.376. The Morgan fingerprint density at radius 2 is 2.08 bits per heavy atom. The van der Waals surface area contributed by atoms with E-state index in [1.807, 2.05) is 6.92 Å². The molecular formula is C18H27FN4O3. The number of ether oxygens (including phenoxy) is 2. The van der Waals surface area contributed by atoms with E-state index in [1.54, 1.807) is 30.1 Å². The highest BCUT2D eigenvalue weighted by atomic mass is 19.1. The third kappa shape index (κ3) is 5.79. The molecule has 0 bridgehead atoms. The van der Waals surface area contributed by atoms with E-state index in [-0.39, 0.29) is 29.8 Å². The van der Waals surface area contributed by atoms with Crippen molar-refractivity contribution in [3.05, 3.63) is 30.1 Å². The summed E-state index contributed by atoms with van der Waals surface area (Å²) in [6.07, 6.45) is 1.12. The lowest BCUT2D eigenvalue weighted by Crippen LogP contribution is -2.50. The number of carbonyl (C=O) groups excluding carboxylic acids is 1. The zero-order valence-electron chi connectivity index (χ0n) is 15.5. The zero-order chi connectivity index (χ0) is 18.9. The van der Waals surface area contributed by atoms with Gasteiger partial charge in [0.1, 0.15) is 6.10 Å². The molecule has 0 saturated carbocycles. The fourth-order valence-electron chi connectivity index (χ4n) is 2.76. The predicted octanol–water partition coefficient (Wildman–Crippen LogP) is 1.99. The van der Waals surface area contributed by atoms with E-state index >= 15 is 0 Å². The molecule has 1 heterocycles. The lowest BCUT2D eigenvalue weighted by molar-refractivity contribution is 0.111. The minimum absolute atomic E-state index is 0.227. The summed E-state index contributed by atoms with van der Waals surface area (Å²) in [5, 5.41) is 6.53. The molecule has 1 amide bonds. The second kappa shape index (κ2) is 9.84. The minimum Gasteiger partial charge on any atom is -0.486 e. The average molecular weight is 366 g/mol. The van der Waals surface area contributed by atoms with E-state index in [0.29, 0.717) is 25.6 Å². The van der Waals surface area contributed by atoms with Gasteiger partial charge in [0, 0.05) is 26.2 Å². The summed E-state index contributed by atoms with van der Waals surface area (Å²) >= 11 is 0. The standard InChI is InChI=1S/C18H27FN4O3/c1-13(26-16-7-5-4-6-15(16)19)12-21-17(20-2)22-14-8-10-23(11-9-14)18(24)25-3/h4-7,13-14H,8-12H2,1-3H3,(H2,20,21,22). The van der Waals surface area contributed by atoms with E-state index in [1.165, 1.54) is 13.2 Å². The molecule has 8 heteroatoms. The number of nitrogens with one attached hydrogen (secondary N) is 2. The molecule has 144 valence electrons. The van der Waals surface area contributed by atoms with Crippen molar-refractivity contribution in [3.8, 4) is 5.75 Å². The van der Waals surface area contributed by atoms with Crippen LogP contribution >= 0.6 is 0 Å². The van der Waals surface area contributed by atoms with Gasteiger partial charge in [-0.25, -0.2) is 9.18 Å². The number of carbonyl (C=O) groups is 1. The fourth-order valence-corrected chi connectivity index (χ4v) is 2.76. The van der Waals surface area contributed by atoms with E-state index < -0.39 is 0 Å². The number of guanidine groups is 1. The molecule has 7 nitrogen and oxygen atoms in total. The maximum atomic E-state index is 13.6. The van der Waals surface area contributed by atoms with Crippen molar-refractivity contribution < 1.29 is 18.7 Å². The van der Waals surface area contributed by atoms with Gasteiger partial charge in [0.15, 0.2) is 17.5 Å². The van der Waals surface area contributed by atoms with Gasteiger partial charge < -0.3 is 25.0 Å². The topological polar surface area (TPSA) is 75.2 Å². The van der Waals surface area contributed by atoms with Crippen LogP contribution in [0.5, 0.6) is 5.75 Å². The second-order valence-corrected chi connectivity index (χ2v) is 6.19. The van der Waals surface area contributed by atoms with Gasteiger partial charge in [-0.3, -0.25) is 4.99 Å². The monoisotopic (exact) mass is 366 g/mol. The van der Waals surface area contributed by atoms with Crippen LogP contribution in [0.4, 0.5) is 9.18 Å². The molecule has 0 spiro atoms. The maximum Gasteiger partial charge on any atom is 0.409 e. The molecule has 1 saturated heterocycles. The number of amides is 1. The van der Waals surface area contributed by atoms with Crippen LogP contribution in [-0.4, -0.2) is 62.9 Å². The molecule has 2 rings (SSSR count). The quantitative estimate of drug-likeness (QED) is 0.616. The van der Waals surface area contributed by atoms with Crippen LogP contribution < -0.4 is 15.4 Å². The van der Waals surface area contributed by atoms with Crippen LogP contribution in [0.1, 0.15) is 19.8 Å². The number of nitrogens with zero attached hydrogens (tertiary/aromatic N) is 2. The maximum absolute atomic E-state index is 13.6. The molecule has 1 aliphatic heterocycles. The normalized spacial score (nSPS) is 16.8. The molecule has 1 atom stereocenters. The number of halogens is 1. The van der Waals surface area contributed by atoms with Gasteiger partial charge in [0.05, 0.1) is 13.7 Å². The number of rotatable bonds is 5. The Labute approximate surface area is 153 Å². The summed E-state index contributed by atoms with van der Waals surface area (Å²) in [7, 11) is 3.09. The number of para-hydroxylation sites is 1. The number of hydrogen-bond acceptors (Lipinski definition) is 4. The Hall–Kier alpha value is -2.51. The number of likely N-dealkylation sites (tertiary alicyclic amines) is 1. The van der Waals surface area contributed by atoms with Crippen molar-refractivity contribution >= 4 is 12.1 Å². The van der Waals surface area contributed by atoms with E-state index in [2.05, 4.69) is 15.6 Å². The van der Waals surface area contributed by atoms with Crippen molar-refractivity contribution in [1.82, 2.24) is 15.5 Å². The number of benzene rings is 1. The van der Waals surface area contributed by atoms with Crippen molar-refractivity contribution in [2.24, 2.45) is 4.99 Å². The number of methoxy groups -OCH3 is 1. The van der Waals surface area contributed by atoms with Crippen molar-refractivity contribution in [2.45, 2.75) is 31.9 Å². The molecule has 1 fully saturated rings. The first-order valence-corrected chi connectivity index (χ1v) is 8.74. The first kappa shape index (κ1) is 19.8. The molecular weight excluding hydrogens is 339 g/mol.